The van der Waals surface area contributed by atoms with Gasteiger partial charge in [0.1, 0.15) is 17.0 Å². The fraction of sp³-hybridized carbons (Fsp3) is 0.333. The third-order valence-corrected chi connectivity index (χ3v) is 5.88. The number of nitrogens with zero attached hydrogens (tertiary/aromatic N) is 2. The molecule has 0 radical (unpaired) electrons. The number of carbonyl (C=O) groups is 1. The zero-order chi connectivity index (χ0) is 20.9. The second-order valence-corrected chi connectivity index (χ2v) is 8.19. The van der Waals surface area contributed by atoms with E-state index in [1.807, 2.05) is 18.2 Å². The highest BCUT2D eigenvalue weighted by Crippen LogP contribution is 2.31. The molecule has 1 aliphatic heterocycles. The minimum Gasteiger partial charge on any atom is -0.360 e. The van der Waals surface area contributed by atoms with Gasteiger partial charge in [0.15, 0.2) is 0 Å². The van der Waals surface area contributed by atoms with Crippen molar-refractivity contribution in [2.24, 2.45) is 0 Å². The van der Waals surface area contributed by atoms with Gasteiger partial charge in [-0.3, -0.25) is 9.69 Å². The Bertz CT molecular complexity index is 1010. The summed E-state index contributed by atoms with van der Waals surface area (Å²) in [5.74, 6) is 0.250. The summed E-state index contributed by atoms with van der Waals surface area (Å²) < 4.78 is 5.29. The molecule has 156 valence electrons. The number of aromatic nitrogens is 1. The molecule has 1 N–H and O–H groups in total. The van der Waals surface area contributed by atoms with Crippen LogP contribution in [0.3, 0.4) is 0 Å². The van der Waals surface area contributed by atoms with Crippen LogP contribution in [0.15, 0.2) is 53.1 Å². The molecule has 0 atom stereocenters. The van der Waals surface area contributed by atoms with E-state index in [9.17, 15) is 4.79 Å². The van der Waals surface area contributed by atoms with E-state index in [2.05, 4.69) is 39.6 Å². The molecule has 5 nitrogen and oxygen atoms in total. The van der Waals surface area contributed by atoms with Crippen LogP contribution < -0.4 is 5.32 Å². The highest BCUT2D eigenvalue weighted by atomic mass is 35.5. The van der Waals surface area contributed by atoms with E-state index in [0.717, 1.165) is 12.1 Å². The van der Waals surface area contributed by atoms with Crippen LogP contribution in [0, 0.1) is 6.92 Å². The van der Waals surface area contributed by atoms with Crippen molar-refractivity contribution >= 4 is 17.5 Å². The molecule has 4 rings (SSSR count). The lowest BCUT2D eigenvalue weighted by molar-refractivity contribution is 0.0950. The molecule has 1 saturated heterocycles. The van der Waals surface area contributed by atoms with Gasteiger partial charge in [0.2, 0.25) is 0 Å². The van der Waals surface area contributed by atoms with Crippen LogP contribution in [0.4, 0.5) is 0 Å². The molecule has 1 fully saturated rings. The predicted molar refractivity (Wildman–Crippen MR) is 118 cm³/mol. The fourth-order valence-electron chi connectivity index (χ4n) is 3.89. The molecule has 6 heteroatoms. The lowest BCUT2D eigenvalue weighted by Crippen LogP contribution is -2.29. The first-order valence-electron chi connectivity index (χ1n) is 10.4. The molecule has 0 unspecified atom stereocenters. The summed E-state index contributed by atoms with van der Waals surface area (Å²) in [5.41, 5.74) is 3.93. The molecule has 2 aromatic carbocycles. The number of amides is 1. The van der Waals surface area contributed by atoms with Crippen molar-refractivity contribution in [2.75, 3.05) is 13.1 Å². The third kappa shape index (κ3) is 4.74. The first-order valence-corrected chi connectivity index (χ1v) is 10.8. The number of halogens is 1. The summed E-state index contributed by atoms with van der Waals surface area (Å²) in [6.45, 7) is 5.54. The van der Waals surface area contributed by atoms with E-state index in [-0.39, 0.29) is 5.91 Å². The highest BCUT2D eigenvalue weighted by Gasteiger charge is 2.22. The number of rotatable bonds is 6. The largest absolute Gasteiger partial charge is 0.360 e. The molecule has 2 heterocycles. The first kappa shape index (κ1) is 20.6. The van der Waals surface area contributed by atoms with Gasteiger partial charge in [-0.05, 0) is 50.0 Å². The molecular formula is C24H26ClN3O2. The van der Waals surface area contributed by atoms with E-state index in [0.29, 0.717) is 34.1 Å². The molecule has 30 heavy (non-hydrogen) atoms. The zero-order valence-corrected chi connectivity index (χ0v) is 17.9. The smallest absolute Gasteiger partial charge is 0.257 e. The van der Waals surface area contributed by atoms with Crippen molar-refractivity contribution in [3.8, 4) is 11.3 Å². The minimum atomic E-state index is -0.221. The van der Waals surface area contributed by atoms with Gasteiger partial charge in [-0.15, -0.1) is 0 Å². The minimum absolute atomic E-state index is 0.221. The van der Waals surface area contributed by atoms with Gasteiger partial charge in [0.05, 0.1) is 5.02 Å². The van der Waals surface area contributed by atoms with Crippen LogP contribution in [0.25, 0.3) is 11.3 Å². The highest BCUT2D eigenvalue weighted by molar-refractivity contribution is 6.33. The number of benzene rings is 2. The van der Waals surface area contributed by atoms with Crippen LogP contribution in [0.1, 0.15) is 46.5 Å². The number of hydrogen-bond donors (Lipinski definition) is 1. The monoisotopic (exact) mass is 423 g/mol. The standard InChI is InChI=1S/C24H26ClN3O2/c1-17-22(23(27-30-17)20-7-3-4-8-21(20)25)24(29)26-15-18-9-11-19(12-10-18)16-28-13-5-2-6-14-28/h3-4,7-12H,2,5-6,13-16H2,1H3,(H,26,29). The third-order valence-electron chi connectivity index (χ3n) is 5.55. The average Bonchev–Trinajstić information content (AvgIpc) is 3.15. The van der Waals surface area contributed by atoms with Gasteiger partial charge in [-0.2, -0.15) is 0 Å². The SMILES string of the molecule is Cc1onc(-c2ccccc2Cl)c1C(=O)NCc1ccc(CN2CCCCC2)cc1. The van der Waals surface area contributed by atoms with Gasteiger partial charge in [0.25, 0.3) is 5.91 Å². The van der Waals surface area contributed by atoms with Crippen LogP contribution >= 0.6 is 11.6 Å². The Kier molecular flexibility index (Phi) is 6.50. The summed E-state index contributed by atoms with van der Waals surface area (Å²) in [7, 11) is 0. The number of likely N-dealkylation sites (tertiary alicyclic amines) is 1. The van der Waals surface area contributed by atoms with Gasteiger partial charge in [0, 0.05) is 18.7 Å². The molecule has 0 aliphatic carbocycles. The number of nitrogens with one attached hydrogen (secondary N) is 1. The summed E-state index contributed by atoms with van der Waals surface area (Å²) in [6, 6.07) is 15.8. The average molecular weight is 424 g/mol. The number of aryl methyl sites for hydroxylation is 1. The normalized spacial score (nSPS) is 14.6. The molecule has 1 aliphatic rings. The summed E-state index contributed by atoms with van der Waals surface area (Å²) in [5, 5.41) is 7.58. The summed E-state index contributed by atoms with van der Waals surface area (Å²) in [6.07, 6.45) is 3.93. The maximum absolute atomic E-state index is 12.9. The Hall–Kier alpha value is -2.63. The molecule has 1 amide bonds. The Morgan fingerprint density at radius 2 is 1.77 bits per heavy atom. The van der Waals surface area contributed by atoms with E-state index in [1.165, 1.54) is 37.9 Å². The quantitative estimate of drug-likeness (QED) is 0.590. The first-order chi connectivity index (χ1) is 14.6. The van der Waals surface area contributed by atoms with Crippen LogP contribution in [0.5, 0.6) is 0 Å². The zero-order valence-electron chi connectivity index (χ0n) is 17.2. The summed E-state index contributed by atoms with van der Waals surface area (Å²) in [4.78, 5) is 15.4. The lowest BCUT2D eigenvalue weighted by atomic mass is 10.1. The van der Waals surface area contributed by atoms with Crippen molar-refractivity contribution in [1.29, 1.82) is 0 Å². The Balaban J connectivity index is 1.40. The van der Waals surface area contributed by atoms with Crippen LogP contribution in [0.2, 0.25) is 5.02 Å². The molecule has 3 aromatic rings. The second-order valence-electron chi connectivity index (χ2n) is 7.78. The van der Waals surface area contributed by atoms with Crippen LogP contribution in [-0.2, 0) is 13.1 Å². The maximum Gasteiger partial charge on any atom is 0.257 e. The van der Waals surface area contributed by atoms with Crippen molar-refractivity contribution in [2.45, 2.75) is 39.3 Å². The van der Waals surface area contributed by atoms with E-state index >= 15 is 0 Å². The Labute approximate surface area is 182 Å². The van der Waals surface area contributed by atoms with Crippen molar-refractivity contribution in [3.05, 3.63) is 76.0 Å². The van der Waals surface area contributed by atoms with Crippen LogP contribution in [-0.4, -0.2) is 29.1 Å². The van der Waals surface area contributed by atoms with E-state index in [4.69, 9.17) is 16.1 Å². The maximum atomic E-state index is 12.9. The number of hydrogen-bond acceptors (Lipinski definition) is 4. The molecular weight excluding hydrogens is 398 g/mol. The predicted octanol–water partition coefficient (Wildman–Crippen LogP) is 5.22. The van der Waals surface area contributed by atoms with Crippen molar-refractivity contribution in [3.63, 3.8) is 0 Å². The summed E-state index contributed by atoms with van der Waals surface area (Å²) >= 11 is 6.29. The fourth-order valence-corrected chi connectivity index (χ4v) is 4.11. The number of carbonyl (C=O) groups excluding carboxylic acids is 1. The van der Waals surface area contributed by atoms with E-state index in [1.54, 1.807) is 13.0 Å². The van der Waals surface area contributed by atoms with Crippen molar-refractivity contribution in [1.82, 2.24) is 15.4 Å². The van der Waals surface area contributed by atoms with Crippen molar-refractivity contribution < 1.29 is 9.32 Å². The Morgan fingerprint density at radius 1 is 1.07 bits per heavy atom. The Morgan fingerprint density at radius 3 is 2.50 bits per heavy atom. The second kappa shape index (κ2) is 9.45. The molecule has 0 spiro atoms. The lowest BCUT2D eigenvalue weighted by Gasteiger charge is -2.26. The van der Waals surface area contributed by atoms with Gasteiger partial charge in [-0.1, -0.05) is 65.6 Å². The molecule has 1 aromatic heterocycles. The molecule has 0 bridgehead atoms. The van der Waals surface area contributed by atoms with Gasteiger partial charge >= 0.3 is 0 Å². The van der Waals surface area contributed by atoms with E-state index < -0.39 is 0 Å². The number of piperidine rings is 1. The van der Waals surface area contributed by atoms with Gasteiger partial charge < -0.3 is 9.84 Å². The molecule has 0 saturated carbocycles. The topological polar surface area (TPSA) is 58.4 Å². The van der Waals surface area contributed by atoms with Gasteiger partial charge in [-0.25, -0.2) is 0 Å².